The molecular formula is C11H9Cl2N3O3S. The van der Waals surface area contributed by atoms with Gasteiger partial charge in [-0.05, 0) is 30.1 Å². The maximum absolute atomic E-state index is 12.2. The number of aromatic nitrogens is 2. The molecule has 1 N–H and O–H groups in total. The highest BCUT2D eigenvalue weighted by Crippen LogP contribution is 2.39. The summed E-state index contributed by atoms with van der Waals surface area (Å²) in [5.41, 5.74) is 0. The molecule has 0 atom stereocenters. The highest BCUT2D eigenvalue weighted by atomic mass is 35.5. The van der Waals surface area contributed by atoms with Crippen molar-refractivity contribution in [3.8, 4) is 0 Å². The van der Waals surface area contributed by atoms with Gasteiger partial charge in [0, 0.05) is 5.92 Å². The summed E-state index contributed by atoms with van der Waals surface area (Å²) in [6.45, 7) is 0. The van der Waals surface area contributed by atoms with Gasteiger partial charge in [0.05, 0.1) is 10.0 Å². The predicted molar refractivity (Wildman–Crippen MR) is 73.5 cm³/mol. The maximum Gasteiger partial charge on any atom is 0.277 e. The van der Waals surface area contributed by atoms with Crippen LogP contribution in [0.4, 0.5) is 5.95 Å². The number of nitrogens with one attached hydrogen (secondary N) is 1. The lowest BCUT2D eigenvalue weighted by Crippen LogP contribution is -2.15. The maximum atomic E-state index is 12.2. The molecule has 1 aliphatic carbocycles. The minimum absolute atomic E-state index is 0.0240. The van der Waals surface area contributed by atoms with E-state index >= 15 is 0 Å². The van der Waals surface area contributed by atoms with Crippen LogP contribution in [-0.2, 0) is 10.0 Å². The van der Waals surface area contributed by atoms with E-state index in [-0.39, 0.29) is 26.8 Å². The molecule has 0 aliphatic heterocycles. The fraction of sp³-hybridized carbons (Fsp3) is 0.273. The molecule has 106 valence electrons. The van der Waals surface area contributed by atoms with Gasteiger partial charge in [0.1, 0.15) is 4.90 Å². The molecule has 9 heteroatoms. The molecule has 1 saturated carbocycles. The molecule has 0 bridgehead atoms. The SMILES string of the molecule is O=S(=O)(Nc1noc(C2CC2)n1)c1c(Cl)cccc1Cl. The zero-order chi connectivity index (χ0) is 14.3. The average Bonchev–Trinajstić information content (AvgIpc) is 3.10. The van der Waals surface area contributed by atoms with Crippen molar-refractivity contribution in [2.75, 3.05) is 4.72 Å². The smallest absolute Gasteiger partial charge is 0.277 e. The monoisotopic (exact) mass is 333 g/mol. The van der Waals surface area contributed by atoms with Crippen molar-refractivity contribution in [2.45, 2.75) is 23.7 Å². The predicted octanol–water partition coefficient (Wildman–Crippen LogP) is 3.05. The summed E-state index contributed by atoms with van der Waals surface area (Å²) < 4.78 is 31.7. The van der Waals surface area contributed by atoms with Crippen molar-refractivity contribution in [3.63, 3.8) is 0 Å². The zero-order valence-corrected chi connectivity index (χ0v) is 12.3. The lowest BCUT2D eigenvalue weighted by molar-refractivity contribution is 0.380. The van der Waals surface area contributed by atoms with Gasteiger partial charge in [-0.25, -0.2) is 13.1 Å². The molecule has 0 unspecified atom stereocenters. The minimum atomic E-state index is -3.97. The number of hydrogen-bond donors (Lipinski definition) is 1. The molecule has 1 aromatic carbocycles. The summed E-state index contributed by atoms with van der Waals surface area (Å²) in [4.78, 5) is 3.78. The molecule has 1 aliphatic rings. The lowest BCUT2D eigenvalue weighted by Gasteiger charge is -2.07. The zero-order valence-electron chi connectivity index (χ0n) is 10.0. The first-order valence-electron chi connectivity index (χ1n) is 5.78. The summed E-state index contributed by atoms with van der Waals surface area (Å²) in [5.74, 6) is 0.556. The van der Waals surface area contributed by atoms with Crippen LogP contribution in [0.25, 0.3) is 0 Å². The molecule has 6 nitrogen and oxygen atoms in total. The van der Waals surface area contributed by atoms with Gasteiger partial charge >= 0.3 is 0 Å². The van der Waals surface area contributed by atoms with E-state index in [1.165, 1.54) is 12.1 Å². The fourth-order valence-electron chi connectivity index (χ4n) is 1.68. The first-order chi connectivity index (χ1) is 9.47. The summed E-state index contributed by atoms with van der Waals surface area (Å²) in [6, 6.07) is 4.44. The van der Waals surface area contributed by atoms with Gasteiger partial charge in [-0.15, -0.1) is 0 Å². The molecule has 0 radical (unpaired) electrons. The second-order valence-corrected chi connectivity index (χ2v) is 6.82. The van der Waals surface area contributed by atoms with Gasteiger partial charge in [-0.2, -0.15) is 4.98 Å². The lowest BCUT2D eigenvalue weighted by atomic mass is 10.4. The molecule has 3 rings (SSSR count). The van der Waals surface area contributed by atoms with Gasteiger partial charge in [-0.3, -0.25) is 0 Å². The number of benzene rings is 1. The first kappa shape index (κ1) is 13.7. The second kappa shape index (κ2) is 4.91. The highest BCUT2D eigenvalue weighted by Gasteiger charge is 2.31. The summed E-state index contributed by atoms with van der Waals surface area (Å²) >= 11 is 11.8. The van der Waals surface area contributed by atoms with Gasteiger partial charge in [-0.1, -0.05) is 29.3 Å². The van der Waals surface area contributed by atoms with Crippen molar-refractivity contribution in [1.29, 1.82) is 0 Å². The number of halogens is 2. The molecule has 20 heavy (non-hydrogen) atoms. The standard InChI is InChI=1S/C11H9Cl2N3O3S/c12-7-2-1-3-8(13)9(7)20(17,18)16-11-14-10(19-15-11)6-4-5-6/h1-3,6H,4-5H2,(H,15,16). The number of nitrogens with zero attached hydrogens (tertiary/aromatic N) is 2. The topological polar surface area (TPSA) is 85.1 Å². The Hall–Kier alpha value is -1.31. The van der Waals surface area contributed by atoms with Crippen LogP contribution in [0.5, 0.6) is 0 Å². The van der Waals surface area contributed by atoms with E-state index < -0.39 is 10.0 Å². The van der Waals surface area contributed by atoms with Gasteiger partial charge in [0.2, 0.25) is 5.89 Å². The van der Waals surface area contributed by atoms with E-state index in [0.717, 1.165) is 12.8 Å². The summed E-state index contributed by atoms with van der Waals surface area (Å²) in [6.07, 6.45) is 1.95. The summed E-state index contributed by atoms with van der Waals surface area (Å²) in [7, 11) is -3.97. The van der Waals surface area contributed by atoms with Crippen LogP contribution >= 0.6 is 23.2 Å². The average molecular weight is 334 g/mol. The Morgan fingerprint density at radius 3 is 2.50 bits per heavy atom. The van der Waals surface area contributed by atoms with E-state index in [9.17, 15) is 8.42 Å². The van der Waals surface area contributed by atoms with Gasteiger partial charge in [0.15, 0.2) is 0 Å². The normalized spacial score (nSPS) is 15.3. The van der Waals surface area contributed by atoms with Crippen LogP contribution in [-0.4, -0.2) is 18.6 Å². The molecule has 0 saturated heterocycles. The van der Waals surface area contributed by atoms with E-state index in [2.05, 4.69) is 14.9 Å². The third-order valence-electron chi connectivity index (χ3n) is 2.78. The molecule has 1 fully saturated rings. The third-order valence-corrected chi connectivity index (χ3v) is 5.06. The molecule has 1 heterocycles. The quantitative estimate of drug-likeness (QED) is 0.929. The van der Waals surface area contributed by atoms with Crippen molar-refractivity contribution in [3.05, 3.63) is 34.1 Å². The van der Waals surface area contributed by atoms with E-state index in [1.54, 1.807) is 6.07 Å². The molecule has 1 aromatic heterocycles. The minimum Gasteiger partial charge on any atom is -0.337 e. The van der Waals surface area contributed by atoms with E-state index in [0.29, 0.717) is 5.89 Å². The highest BCUT2D eigenvalue weighted by molar-refractivity contribution is 7.93. The fourth-order valence-corrected chi connectivity index (χ4v) is 3.76. The first-order valence-corrected chi connectivity index (χ1v) is 8.02. The number of hydrogen-bond acceptors (Lipinski definition) is 5. The van der Waals surface area contributed by atoms with Crippen molar-refractivity contribution >= 4 is 39.2 Å². The molecule has 2 aromatic rings. The van der Waals surface area contributed by atoms with Crippen LogP contribution in [0.15, 0.2) is 27.6 Å². The number of rotatable bonds is 4. The van der Waals surface area contributed by atoms with E-state index in [1.807, 2.05) is 0 Å². The Balaban J connectivity index is 1.91. The van der Waals surface area contributed by atoms with Crippen LogP contribution in [0.1, 0.15) is 24.7 Å². The van der Waals surface area contributed by atoms with Crippen LogP contribution in [0, 0.1) is 0 Å². The van der Waals surface area contributed by atoms with Crippen LogP contribution in [0.3, 0.4) is 0 Å². The Morgan fingerprint density at radius 2 is 1.90 bits per heavy atom. The van der Waals surface area contributed by atoms with Crippen molar-refractivity contribution < 1.29 is 12.9 Å². The Labute approximate surface area is 125 Å². The van der Waals surface area contributed by atoms with Crippen molar-refractivity contribution in [2.24, 2.45) is 0 Å². The molecule has 0 amide bonds. The Bertz CT molecular complexity index is 736. The number of anilines is 1. The van der Waals surface area contributed by atoms with Crippen LogP contribution in [0.2, 0.25) is 10.0 Å². The molecular weight excluding hydrogens is 325 g/mol. The second-order valence-electron chi connectivity index (χ2n) is 4.39. The largest absolute Gasteiger partial charge is 0.337 e. The van der Waals surface area contributed by atoms with Crippen LogP contribution < -0.4 is 4.72 Å². The number of sulfonamides is 1. The Kier molecular flexibility index (Phi) is 3.35. The van der Waals surface area contributed by atoms with Gasteiger partial charge in [0.25, 0.3) is 16.0 Å². The van der Waals surface area contributed by atoms with E-state index in [4.69, 9.17) is 27.7 Å². The van der Waals surface area contributed by atoms with Crippen molar-refractivity contribution in [1.82, 2.24) is 10.1 Å². The summed E-state index contributed by atoms with van der Waals surface area (Å²) in [5, 5.41) is 3.63. The molecule has 0 spiro atoms. The third kappa shape index (κ3) is 2.61. The Morgan fingerprint density at radius 1 is 1.25 bits per heavy atom. The van der Waals surface area contributed by atoms with Gasteiger partial charge < -0.3 is 4.52 Å².